The lowest BCUT2D eigenvalue weighted by Crippen LogP contribution is -2.56. The van der Waals surface area contributed by atoms with Crippen molar-refractivity contribution in [1.82, 2.24) is 5.32 Å². The van der Waals surface area contributed by atoms with Crippen LogP contribution in [0.15, 0.2) is 30.3 Å². The average Bonchev–Trinajstić information content (AvgIpc) is 2.68. The Morgan fingerprint density at radius 2 is 1.83 bits per heavy atom. The van der Waals surface area contributed by atoms with Gasteiger partial charge in [-0.25, -0.2) is 0 Å². The van der Waals surface area contributed by atoms with E-state index in [9.17, 15) is 19.5 Å². The standard InChI is InChI=1S/C21H27Cl2NO6/c1-11(2)21(28)30-16(9-13-7-5-4-6-8-13)24-20(27)14-10-15(22)18(26)17(23)19(14)29-12(3)25/h4-8,11,14-19,26H,9-10H2,1-3H3,(H,24,27)/t14?,15?,16-,17?,18?,19?/m1/s1. The molecule has 0 aliphatic heterocycles. The van der Waals surface area contributed by atoms with E-state index >= 15 is 0 Å². The Morgan fingerprint density at radius 3 is 2.40 bits per heavy atom. The van der Waals surface area contributed by atoms with Crippen molar-refractivity contribution in [2.45, 2.75) is 62.8 Å². The van der Waals surface area contributed by atoms with Gasteiger partial charge in [0, 0.05) is 13.3 Å². The van der Waals surface area contributed by atoms with Crippen molar-refractivity contribution in [2.75, 3.05) is 0 Å². The Bertz CT molecular complexity index is 744. The van der Waals surface area contributed by atoms with Gasteiger partial charge in [-0.2, -0.15) is 0 Å². The van der Waals surface area contributed by atoms with E-state index in [1.807, 2.05) is 30.3 Å². The second-order valence-corrected chi connectivity index (χ2v) is 8.71. The molecule has 6 atom stereocenters. The van der Waals surface area contributed by atoms with Gasteiger partial charge in [-0.05, 0) is 12.0 Å². The third-order valence-electron chi connectivity index (χ3n) is 4.82. The zero-order chi connectivity index (χ0) is 22.4. The topological polar surface area (TPSA) is 102 Å². The van der Waals surface area contributed by atoms with Crippen molar-refractivity contribution in [3.05, 3.63) is 35.9 Å². The number of hydrogen-bond acceptors (Lipinski definition) is 6. The zero-order valence-corrected chi connectivity index (χ0v) is 18.6. The highest BCUT2D eigenvalue weighted by Crippen LogP contribution is 2.34. The monoisotopic (exact) mass is 459 g/mol. The van der Waals surface area contributed by atoms with Crippen LogP contribution >= 0.6 is 23.2 Å². The molecule has 7 nitrogen and oxygen atoms in total. The fourth-order valence-corrected chi connectivity index (χ4v) is 4.05. The van der Waals surface area contributed by atoms with Gasteiger partial charge in [0.15, 0.2) is 6.23 Å². The van der Waals surface area contributed by atoms with Gasteiger partial charge in [-0.15, -0.1) is 23.2 Å². The fourth-order valence-electron chi connectivity index (χ4n) is 3.22. The van der Waals surface area contributed by atoms with Crippen LogP contribution in [0.3, 0.4) is 0 Å². The molecule has 0 bridgehead atoms. The maximum atomic E-state index is 13.0. The van der Waals surface area contributed by atoms with E-state index in [4.69, 9.17) is 32.7 Å². The number of esters is 2. The van der Waals surface area contributed by atoms with E-state index in [1.165, 1.54) is 6.92 Å². The number of rotatable bonds is 7. The Morgan fingerprint density at radius 1 is 1.20 bits per heavy atom. The SMILES string of the molecule is CC(=O)OC1C(C(=O)N[C@@H](Cc2ccccc2)OC(=O)C(C)C)CC(Cl)C(O)C1Cl. The van der Waals surface area contributed by atoms with Crippen molar-refractivity contribution in [1.29, 1.82) is 0 Å². The molecule has 0 radical (unpaired) electrons. The van der Waals surface area contributed by atoms with Crippen LogP contribution in [0.5, 0.6) is 0 Å². The Labute approximate surface area is 186 Å². The molecule has 0 saturated heterocycles. The summed E-state index contributed by atoms with van der Waals surface area (Å²) in [7, 11) is 0. The molecule has 1 aromatic rings. The molecule has 1 aromatic carbocycles. The molecule has 2 rings (SSSR count). The number of alkyl halides is 2. The molecular weight excluding hydrogens is 433 g/mol. The van der Waals surface area contributed by atoms with E-state index in [1.54, 1.807) is 13.8 Å². The summed E-state index contributed by atoms with van der Waals surface area (Å²) in [6.45, 7) is 4.58. The zero-order valence-electron chi connectivity index (χ0n) is 17.1. The molecule has 166 valence electrons. The van der Waals surface area contributed by atoms with Crippen LogP contribution in [-0.2, 0) is 30.3 Å². The lowest BCUT2D eigenvalue weighted by atomic mass is 9.83. The largest absolute Gasteiger partial charge is 0.460 e. The molecule has 1 aliphatic rings. The lowest BCUT2D eigenvalue weighted by molar-refractivity contribution is -0.159. The van der Waals surface area contributed by atoms with E-state index in [0.29, 0.717) is 0 Å². The third-order valence-corrected chi connectivity index (χ3v) is 5.77. The van der Waals surface area contributed by atoms with E-state index < -0.39 is 53.0 Å². The number of carbonyl (C=O) groups excluding carboxylic acids is 3. The number of ether oxygens (including phenoxy) is 2. The maximum Gasteiger partial charge on any atom is 0.310 e. The summed E-state index contributed by atoms with van der Waals surface area (Å²) in [5, 5.41) is 11.0. The molecule has 5 unspecified atom stereocenters. The van der Waals surface area contributed by atoms with Gasteiger partial charge >= 0.3 is 11.9 Å². The molecule has 1 aliphatic carbocycles. The van der Waals surface area contributed by atoms with E-state index in [2.05, 4.69) is 5.32 Å². The molecular formula is C21H27Cl2NO6. The minimum Gasteiger partial charge on any atom is -0.460 e. The molecule has 2 N–H and O–H groups in total. The predicted molar refractivity (Wildman–Crippen MR) is 112 cm³/mol. The van der Waals surface area contributed by atoms with Crippen molar-refractivity contribution >= 4 is 41.0 Å². The van der Waals surface area contributed by atoms with Gasteiger partial charge in [-0.1, -0.05) is 44.2 Å². The molecule has 30 heavy (non-hydrogen) atoms. The molecule has 0 aromatic heterocycles. The summed E-state index contributed by atoms with van der Waals surface area (Å²) in [6, 6.07) is 9.24. The number of hydrogen-bond donors (Lipinski definition) is 2. The van der Waals surface area contributed by atoms with Crippen molar-refractivity contribution in [3.8, 4) is 0 Å². The summed E-state index contributed by atoms with van der Waals surface area (Å²) in [5.74, 6) is -2.90. The second kappa shape index (κ2) is 11.0. The summed E-state index contributed by atoms with van der Waals surface area (Å²) in [5.41, 5.74) is 0.861. The Kier molecular flexibility index (Phi) is 8.94. The Hall–Kier alpha value is -1.83. The smallest absolute Gasteiger partial charge is 0.310 e. The van der Waals surface area contributed by atoms with E-state index in [-0.39, 0.29) is 18.8 Å². The van der Waals surface area contributed by atoms with Crippen LogP contribution in [0.1, 0.15) is 32.8 Å². The number of halogens is 2. The van der Waals surface area contributed by atoms with Gasteiger partial charge < -0.3 is 19.9 Å². The molecule has 9 heteroatoms. The molecule has 1 amide bonds. The third kappa shape index (κ3) is 6.59. The van der Waals surface area contributed by atoms with Crippen LogP contribution < -0.4 is 5.32 Å². The van der Waals surface area contributed by atoms with Gasteiger partial charge in [0.25, 0.3) is 0 Å². The number of aliphatic hydroxyl groups is 1. The van der Waals surface area contributed by atoms with Gasteiger partial charge in [0.05, 0.1) is 28.7 Å². The predicted octanol–water partition coefficient (Wildman–Crippen LogP) is 2.40. The summed E-state index contributed by atoms with van der Waals surface area (Å²) in [6.07, 6.45) is -2.82. The fraction of sp³-hybridized carbons (Fsp3) is 0.571. The number of amides is 1. The van der Waals surface area contributed by atoms with E-state index in [0.717, 1.165) is 5.56 Å². The second-order valence-electron chi connectivity index (χ2n) is 7.65. The quantitative estimate of drug-likeness (QED) is 0.368. The highest BCUT2D eigenvalue weighted by Gasteiger charge is 2.48. The first-order valence-electron chi connectivity index (χ1n) is 9.78. The summed E-state index contributed by atoms with van der Waals surface area (Å²) < 4.78 is 10.7. The molecule has 0 heterocycles. The van der Waals surface area contributed by atoms with Crippen LogP contribution in [0.2, 0.25) is 0 Å². The first-order chi connectivity index (χ1) is 14.1. The van der Waals surface area contributed by atoms with Crippen molar-refractivity contribution in [2.24, 2.45) is 11.8 Å². The first kappa shape index (κ1) is 24.4. The van der Waals surface area contributed by atoms with Crippen LogP contribution in [-0.4, -0.2) is 52.1 Å². The Balaban J connectivity index is 2.20. The number of aliphatic hydroxyl groups excluding tert-OH is 1. The maximum absolute atomic E-state index is 13.0. The highest BCUT2D eigenvalue weighted by molar-refractivity contribution is 6.25. The minimum atomic E-state index is -1.14. The average molecular weight is 460 g/mol. The first-order valence-corrected chi connectivity index (χ1v) is 10.7. The van der Waals surface area contributed by atoms with Crippen LogP contribution in [0.4, 0.5) is 0 Å². The lowest BCUT2D eigenvalue weighted by Gasteiger charge is -2.39. The van der Waals surface area contributed by atoms with Crippen molar-refractivity contribution < 1.29 is 29.0 Å². The number of carbonyl (C=O) groups is 3. The van der Waals surface area contributed by atoms with Gasteiger partial charge in [0.1, 0.15) is 6.10 Å². The van der Waals surface area contributed by atoms with Gasteiger partial charge in [0.2, 0.25) is 5.91 Å². The summed E-state index contributed by atoms with van der Waals surface area (Å²) >= 11 is 12.4. The number of benzene rings is 1. The molecule has 1 saturated carbocycles. The van der Waals surface area contributed by atoms with Crippen LogP contribution in [0, 0.1) is 11.8 Å². The highest BCUT2D eigenvalue weighted by atomic mass is 35.5. The summed E-state index contributed by atoms with van der Waals surface area (Å²) in [4.78, 5) is 36.7. The number of nitrogens with one attached hydrogen (secondary N) is 1. The van der Waals surface area contributed by atoms with Gasteiger partial charge in [-0.3, -0.25) is 14.4 Å². The molecule has 1 fully saturated rings. The molecule has 0 spiro atoms. The minimum absolute atomic E-state index is 0.0475. The van der Waals surface area contributed by atoms with Crippen LogP contribution in [0.25, 0.3) is 0 Å². The normalized spacial score (nSPS) is 27.2. The van der Waals surface area contributed by atoms with Crippen molar-refractivity contribution in [3.63, 3.8) is 0 Å².